The van der Waals surface area contributed by atoms with E-state index < -0.39 is 0 Å². The molecule has 5 aromatic carbocycles. The van der Waals surface area contributed by atoms with E-state index in [1.807, 2.05) is 17.5 Å². The molecule has 0 unspecified atom stereocenters. The molecule has 0 radical (unpaired) electrons. The van der Waals surface area contributed by atoms with Gasteiger partial charge in [0.05, 0.1) is 22.2 Å². The Balaban J connectivity index is 1.47. The smallest absolute Gasteiger partial charge is 0.0702 e. The van der Waals surface area contributed by atoms with Crippen LogP contribution in [-0.4, -0.2) is 9.38 Å². The summed E-state index contributed by atoms with van der Waals surface area (Å²) in [6, 6.07) is 40.0. The van der Waals surface area contributed by atoms with Gasteiger partial charge in [0.15, 0.2) is 0 Å². The summed E-state index contributed by atoms with van der Waals surface area (Å²) in [4.78, 5) is 4.75. The van der Waals surface area contributed by atoms with Crippen LogP contribution in [0.3, 0.4) is 0 Å². The van der Waals surface area contributed by atoms with Crippen molar-refractivity contribution in [3.8, 4) is 22.4 Å². The lowest BCUT2D eigenvalue weighted by Gasteiger charge is -2.05. The standard InChI is InChI=1S/C36H22N2S/c1-21-11-14-29(37-20-21)24-13-16-31-28(18-24)35-34-25-9-5-6-10-32(25)39-33(34)19-27-26-17-23(22-7-3-2-4-8-22)12-15-30(26)38(31)36(27)35/h2-20H,1H3. The Kier molecular flexibility index (Phi) is 4.17. The molecule has 0 aliphatic rings. The molecule has 2 nitrogen and oxygen atoms in total. The molecule has 0 N–H and O–H groups in total. The summed E-state index contributed by atoms with van der Waals surface area (Å²) in [5.74, 6) is 0. The lowest BCUT2D eigenvalue weighted by molar-refractivity contribution is 1.27. The minimum atomic E-state index is 1.01. The second-order valence-corrected chi connectivity index (χ2v) is 11.6. The van der Waals surface area contributed by atoms with E-state index in [4.69, 9.17) is 4.98 Å². The summed E-state index contributed by atoms with van der Waals surface area (Å²) in [5, 5.41) is 7.97. The van der Waals surface area contributed by atoms with Gasteiger partial charge in [-0.2, -0.15) is 0 Å². The summed E-state index contributed by atoms with van der Waals surface area (Å²) in [6.45, 7) is 2.08. The number of pyridine rings is 1. The SMILES string of the molecule is Cc1ccc(-c2ccc3c(c2)c2c4c(cc5c6cc(-c7ccccc7)ccc6n3c52)sc2ccccc24)nc1. The van der Waals surface area contributed by atoms with Crippen LogP contribution in [-0.2, 0) is 0 Å². The number of hydrogen-bond donors (Lipinski definition) is 0. The Hall–Kier alpha value is -4.73. The summed E-state index contributed by atoms with van der Waals surface area (Å²) in [7, 11) is 0. The molecular weight excluding hydrogens is 492 g/mol. The fraction of sp³-hybridized carbons (Fsp3) is 0.0278. The van der Waals surface area contributed by atoms with E-state index in [2.05, 4.69) is 121 Å². The van der Waals surface area contributed by atoms with Crippen molar-refractivity contribution >= 4 is 69.6 Å². The summed E-state index contributed by atoms with van der Waals surface area (Å²) < 4.78 is 5.17. The normalized spacial score (nSPS) is 12.2. The zero-order valence-electron chi connectivity index (χ0n) is 21.3. The van der Waals surface area contributed by atoms with Crippen molar-refractivity contribution in [1.82, 2.24) is 9.38 Å². The highest BCUT2D eigenvalue weighted by molar-refractivity contribution is 7.26. The van der Waals surface area contributed by atoms with Gasteiger partial charge in [0.1, 0.15) is 0 Å². The molecule has 0 amide bonds. The number of nitrogens with zero attached hydrogens (tertiary/aromatic N) is 2. The van der Waals surface area contributed by atoms with Gasteiger partial charge in [0.2, 0.25) is 0 Å². The van der Waals surface area contributed by atoms with Gasteiger partial charge in [-0.05, 0) is 66.1 Å². The molecule has 4 heterocycles. The van der Waals surface area contributed by atoms with Crippen LogP contribution in [0, 0.1) is 6.92 Å². The second-order valence-electron chi connectivity index (χ2n) is 10.5. The predicted molar refractivity (Wildman–Crippen MR) is 167 cm³/mol. The summed E-state index contributed by atoms with van der Waals surface area (Å²) >= 11 is 1.90. The van der Waals surface area contributed by atoms with Crippen LogP contribution in [0.5, 0.6) is 0 Å². The van der Waals surface area contributed by atoms with Gasteiger partial charge in [-0.1, -0.05) is 66.7 Å². The molecule has 182 valence electrons. The van der Waals surface area contributed by atoms with Crippen molar-refractivity contribution in [2.45, 2.75) is 6.92 Å². The van der Waals surface area contributed by atoms with Crippen LogP contribution < -0.4 is 0 Å². The van der Waals surface area contributed by atoms with Crippen LogP contribution in [0.1, 0.15) is 5.56 Å². The number of fused-ring (bicyclic) bond motifs is 10. The minimum absolute atomic E-state index is 1.01. The van der Waals surface area contributed by atoms with Crippen molar-refractivity contribution in [2.75, 3.05) is 0 Å². The maximum Gasteiger partial charge on any atom is 0.0702 e. The van der Waals surface area contributed by atoms with Gasteiger partial charge < -0.3 is 4.40 Å². The van der Waals surface area contributed by atoms with Crippen molar-refractivity contribution in [1.29, 1.82) is 0 Å². The van der Waals surface area contributed by atoms with E-state index in [0.29, 0.717) is 0 Å². The molecule has 9 rings (SSSR count). The number of benzene rings is 5. The third-order valence-corrected chi connectivity index (χ3v) is 9.33. The lowest BCUT2D eigenvalue weighted by atomic mass is 9.99. The van der Waals surface area contributed by atoms with E-state index in [-0.39, 0.29) is 0 Å². The molecule has 0 spiro atoms. The molecule has 0 saturated carbocycles. The van der Waals surface area contributed by atoms with Crippen LogP contribution in [0.2, 0.25) is 0 Å². The van der Waals surface area contributed by atoms with Crippen LogP contribution in [0.25, 0.3) is 80.7 Å². The van der Waals surface area contributed by atoms with Gasteiger partial charge in [-0.3, -0.25) is 4.98 Å². The molecule has 0 saturated heterocycles. The first-order valence-electron chi connectivity index (χ1n) is 13.3. The average molecular weight is 515 g/mol. The average Bonchev–Trinajstić information content (AvgIpc) is 3.63. The number of thiophene rings is 1. The molecule has 0 fully saturated rings. The number of hydrogen-bond acceptors (Lipinski definition) is 2. The quantitative estimate of drug-likeness (QED) is 0.224. The molecule has 0 aliphatic heterocycles. The molecule has 4 aromatic heterocycles. The Labute approximate surface area is 228 Å². The Bertz CT molecular complexity index is 2370. The molecule has 9 aromatic rings. The van der Waals surface area contributed by atoms with Crippen molar-refractivity contribution in [3.05, 3.63) is 121 Å². The van der Waals surface area contributed by atoms with Gasteiger partial charge in [-0.15, -0.1) is 11.3 Å². The predicted octanol–water partition coefficient (Wildman–Crippen LogP) is 10.2. The third kappa shape index (κ3) is 2.88. The Morgan fingerprint density at radius 2 is 1.33 bits per heavy atom. The highest BCUT2D eigenvalue weighted by Gasteiger charge is 2.22. The van der Waals surface area contributed by atoms with E-state index in [9.17, 15) is 0 Å². The van der Waals surface area contributed by atoms with Gasteiger partial charge in [-0.25, -0.2) is 0 Å². The first-order chi connectivity index (χ1) is 19.2. The van der Waals surface area contributed by atoms with E-state index in [1.165, 1.54) is 75.0 Å². The fourth-order valence-corrected chi connectivity index (χ4v) is 7.59. The largest absolute Gasteiger partial charge is 0.308 e. The number of rotatable bonds is 2. The topological polar surface area (TPSA) is 17.3 Å². The van der Waals surface area contributed by atoms with E-state index in [0.717, 1.165) is 11.3 Å². The van der Waals surface area contributed by atoms with Crippen molar-refractivity contribution in [2.24, 2.45) is 0 Å². The minimum Gasteiger partial charge on any atom is -0.308 e. The van der Waals surface area contributed by atoms with Gasteiger partial charge >= 0.3 is 0 Å². The highest BCUT2D eigenvalue weighted by atomic mass is 32.1. The zero-order chi connectivity index (χ0) is 25.7. The summed E-state index contributed by atoms with van der Waals surface area (Å²) in [5.41, 5.74) is 9.65. The highest BCUT2D eigenvalue weighted by Crippen LogP contribution is 2.48. The third-order valence-electron chi connectivity index (χ3n) is 8.21. The number of aryl methyl sites for hydroxylation is 1. The van der Waals surface area contributed by atoms with Gasteiger partial charge in [0, 0.05) is 53.5 Å². The first kappa shape index (κ1) is 21.2. The molecule has 3 heteroatoms. The van der Waals surface area contributed by atoms with Crippen LogP contribution in [0.4, 0.5) is 0 Å². The van der Waals surface area contributed by atoms with Crippen LogP contribution >= 0.6 is 11.3 Å². The van der Waals surface area contributed by atoms with E-state index in [1.54, 1.807) is 0 Å². The molecular formula is C36H22N2S. The van der Waals surface area contributed by atoms with Crippen molar-refractivity contribution < 1.29 is 0 Å². The van der Waals surface area contributed by atoms with E-state index >= 15 is 0 Å². The number of aromatic nitrogens is 2. The summed E-state index contributed by atoms with van der Waals surface area (Å²) in [6.07, 6.45) is 1.95. The first-order valence-corrected chi connectivity index (χ1v) is 14.1. The Morgan fingerprint density at radius 3 is 2.18 bits per heavy atom. The van der Waals surface area contributed by atoms with Crippen LogP contribution in [0.15, 0.2) is 115 Å². The zero-order valence-corrected chi connectivity index (χ0v) is 22.1. The second kappa shape index (κ2) is 7.66. The lowest BCUT2D eigenvalue weighted by Crippen LogP contribution is -1.85. The molecule has 0 aliphatic carbocycles. The molecule has 0 atom stereocenters. The maximum atomic E-state index is 4.75. The molecule has 39 heavy (non-hydrogen) atoms. The van der Waals surface area contributed by atoms with Crippen molar-refractivity contribution in [3.63, 3.8) is 0 Å². The molecule has 0 bridgehead atoms. The fourth-order valence-electron chi connectivity index (χ4n) is 6.43. The maximum absolute atomic E-state index is 4.75. The van der Waals surface area contributed by atoms with Gasteiger partial charge in [0.25, 0.3) is 0 Å². The monoisotopic (exact) mass is 514 g/mol. The Morgan fingerprint density at radius 1 is 0.564 bits per heavy atom.